The fourth-order valence-corrected chi connectivity index (χ4v) is 3.34. The van der Waals surface area contributed by atoms with Gasteiger partial charge in [-0.3, -0.25) is 9.69 Å². The van der Waals surface area contributed by atoms with E-state index in [1.54, 1.807) is 6.08 Å². The van der Waals surface area contributed by atoms with Crippen molar-refractivity contribution >= 4 is 17.5 Å². The second-order valence-electron chi connectivity index (χ2n) is 6.27. The van der Waals surface area contributed by atoms with Gasteiger partial charge in [-0.2, -0.15) is 0 Å². The van der Waals surface area contributed by atoms with E-state index < -0.39 is 5.83 Å². The normalized spacial score (nSPS) is 19.2. The van der Waals surface area contributed by atoms with Crippen LogP contribution in [0, 0.1) is 0 Å². The molecule has 0 aromatic rings. The summed E-state index contributed by atoms with van der Waals surface area (Å²) in [5.41, 5.74) is 1.82. The minimum Gasteiger partial charge on any atom is -0.349 e. The second-order valence-corrected chi connectivity index (χ2v) is 6.58. The van der Waals surface area contributed by atoms with Gasteiger partial charge in [0.15, 0.2) is 0 Å². The predicted molar refractivity (Wildman–Crippen MR) is 104 cm³/mol. The lowest BCUT2D eigenvalue weighted by Gasteiger charge is -2.37. The van der Waals surface area contributed by atoms with Crippen molar-refractivity contribution in [1.82, 2.24) is 10.2 Å². The largest absolute Gasteiger partial charge is 0.349 e. The van der Waals surface area contributed by atoms with Gasteiger partial charge in [-0.1, -0.05) is 31.2 Å². The number of nitrogens with one attached hydrogen (secondary N) is 1. The Morgan fingerprint density at radius 3 is 2.52 bits per heavy atom. The van der Waals surface area contributed by atoms with Gasteiger partial charge in [0.2, 0.25) is 0 Å². The fraction of sp³-hybridized carbons (Fsp3) is 0.550. The molecule has 0 spiro atoms. The number of alkyl halides is 1. The van der Waals surface area contributed by atoms with Crippen LogP contribution in [0.1, 0.15) is 40.0 Å². The number of likely N-dealkylation sites (tertiary alicyclic amines) is 1. The highest BCUT2D eigenvalue weighted by atomic mass is 35.5. The number of halogens is 2. The van der Waals surface area contributed by atoms with E-state index in [0.717, 1.165) is 32.4 Å². The zero-order chi connectivity index (χ0) is 18.8. The molecule has 1 N–H and O–H groups in total. The van der Waals surface area contributed by atoms with Gasteiger partial charge in [0.25, 0.3) is 5.91 Å². The van der Waals surface area contributed by atoms with E-state index in [1.807, 2.05) is 0 Å². The molecule has 25 heavy (non-hydrogen) atoms. The Kier molecular flexibility index (Phi) is 9.76. The number of carbonyl (C=O) groups is 1. The Hall–Kier alpha value is -1.39. The summed E-state index contributed by atoms with van der Waals surface area (Å²) in [5.74, 6) is -0.607. The average Bonchev–Trinajstić information content (AvgIpc) is 2.59. The Morgan fingerprint density at radius 2 is 2.04 bits per heavy atom. The number of hydrogen-bond donors (Lipinski definition) is 1. The van der Waals surface area contributed by atoms with Gasteiger partial charge in [0.05, 0.1) is 0 Å². The first kappa shape index (κ1) is 21.7. The summed E-state index contributed by atoms with van der Waals surface area (Å²) in [7, 11) is 0. The van der Waals surface area contributed by atoms with Gasteiger partial charge in [-0.25, -0.2) is 4.39 Å². The quantitative estimate of drug-likeness (QED) is 0.296. The van der Waals surface area contributed by atoms with E-state index in [-0.39, 0.29) is 17.8 Å². The Morgan fingerprint density at radius 1 is 1.40 bits per heavy atom. The molecule has 1 atom stereocenters. The number of hydrogen-bond acceptors (Lipinski definition) is 2. The smallest absolute Gasteiger partial charge is 0.251 e. The van der Waals surface area contributed by atoms with Crippen LogP contribution in [-0.2, 0) is 4.79 Å². The first-order valence-electron chi connectivity index (χ1n) is 8.91. The summed E-state index contributed by atoms with van der Waals surface area (Å²) in [6, 6.07) is 0.573. The summed E-state index contributed by atoms with van der Waals surface area (Å²) >= 11 is 5.69. The van der Waals surface area contributed by atoms with Crippen LogP contribution in [0.15, 0.2) is 47.9 Å². The van der Waals surface area contributed by atoms with Crippen molar-refractivity contribution in [3.8, 4) is 0 Å². The van der Waals surface area contributed by atoms with Gasteiger partial charge in [0, 0.05) is 36.6 Å². The molecule has 3 nitrogen and oxygen atoms in total. The number of amides is 1. The first-order chi connectivity index (χ1) is 11.9. The van der Waals surface area contributed by atoms with Crippen LogP contribution in [0.2, 0.25) is 0 Å². The number of carbonyl (C=O) groups excluding carboxylic acids is 1. The monoisotopic (exact) mass is 368 g/mol. The van der Waals surface area contributed by atoms with Crippen LogP contribution >= 0.6 is 11.6 Å². The zero-order valence-electron chi connectivity index (χ0n) is 15.5. The minimum atomic E-state index is -0.591. The second kappa shape index (κ2) is 11.3. The Bertz CT molecular complexity index is 546. The standard InChI is InChI=1S/C20H30ClFN2O/c1-5-17(6-2)16(4)24-13-10-19(11-14-24)23-20(25)18(9-12-21)8-7-15(3)22/h5,7-9,16,19H,3,6,10-14H2,1-2,4H3,(H,23,25)/b8-7-,17-5-,18-9+. The summed E-state index contributed by atoms with van der Waals surface area (Å²) in [6.45, 7) is 11.6. The van der Waals surface area contributed by atoms with Gasteiger partial charge in [-0.05, 0) is 45.3 Å². The Balaban J connectivity index is 2.59. The predicted octanol–water partition coefficient (Wildman–Crippen LogP) is 4.52. The number of allylic oxidation sites excluding steroid dienone is 4. The van der Waals surface area contributed by atoms with E-state index in [9.17, 15) is 9.18 Å². The molecule has 1 aliphatic heterocycles. The van der Waals surface area contributed by atoms with Crippen molar-refractivity contribution in [3.05, 3.63) is 47.9 Å². The molecule has 1 saturated heterocycles. The molecule has 1 amide bonds. The van der Waals surface area contributed by atoms with Crippen molar-refractivity contribution in [2.75, 3.05) is 19.0 Å². The number of piperidine rings is 1. The van der Waals surface area contributed by atoms with Gasteiger partial charge >= 0.3 is 0 Å². The Labute approximate surface area is 156 Å². The number of nitrogens with zero attached hydrogens (tertiary/aromatic N) is 1. The highest BCUT2D eigenvalue weighted by molar-refractivity contribution is 6.19. The van der Waals surface area contributed by atoms with Crippen molar-refractivity contribution in [2.24, 2.45) is 0 Å². The molecular formula is C20H30ClFN2O. The van der Waals surface area contributed by atoms with Gasteiger partial charge in [0.1, 0.15) is 5.83 Å². The molecular weight excluding hydrogens is 339 g/mol. The molecule has 140 valence electrons. The van der Waals surface area contributed by atoms with Crippen LogP contribution < -0.4 is 5.32 Å². The van der Waals surface area contributed by atoms with Crippen molar-refractivity contribution in [1.29, 1.82) is 0 Å². The molecule has 1 rings (SSSR count). The molecule has 1 unspecified atom stereocenters. The maximum absolute atomic E-state index is 12.8. The van der Waals surface area contributed by atoms with E-state index in [0.29, 0.717) is 11.6 Å². The molecule has 5 heteroatoms. The van der Waals surface area contributed by atoms with E-state index in [4.69, 9.17) is 11.6 Å². The lowest BCUT2D eigenvalue weighted by atomic mass is 9.98. The maximum Gasteiger partial charge on any atom is 0.251 e. The number of rotatable bonds is 8. The highest BCUT2D eigenvalue weighted by Crippen LogP contribution is 2.20. The third kappa shape index (κ3) is 7.17. The van der Waals surface area contributed by atoms with Crippen molar-refractivity contribution in [3.63, 3.8) is 0 Å². The summed E-state index contributed by atoms with van der Waals surface area (Å²) in [4.78, 5) is 14.8. The summed E-state index contributed by atoms with van der Waals surface area (Å²) in [6.07, 6.45) is 9.24. The molecule has 0 aromatic heterocycles. The molecule has 1 aliphatic rings. The first-order valence-corrected chi connectivity index (χ1v) is 9.44. The third-order valence-electron chi connectivity index (χ3n) is 4.73. The van der Waals surface area contributed by atoms with Crippen molar-refractivity contribution < 1.29 is 9.18 Å². The minimum absolute atomic E-state index is 0.132. The van der Waals surface area contributed by atoms with Gasteiger partial charge < -0.3 is 5.32 Å². The van der Waals surface area contributed by atoms with E-state index in [2.05, 4.69) is 43.6 Å². The third-order valence-corrected chi connectivity index (χ3v) is 4.89. The van der Waals surface area contributed by atoms with E-state index >= 15 is 0 Å². The average molecular weight is 369 g/mol. The molecule has 0 bridgehead atoms. The highest BCUT2D eigenvalue weighted by Gasteiger charge is 2.25. The fourth-order valence-electron chi connectivity index (χ4n) is 3.17. The molecule has 1 fully saturated rings. The molecule has 0 aromatic carbocycles. The lowest BCUT2D eigenvalue weighted by molar-refractivity contribution is -0.118. The molecule has 1 heterocycles. The molecule has 0 radical (unpaired) electrons. The summed E-state index contributed by atoms with van der Waals surface area (Å²) < 4.78 is 12.8. The summed E-state index contributed by atoms with van der Waals surface area (Å²) in [5, 5.41) is 3.03. The van der Waals surface area contributed by atoms with Crippen LogP contribution in [0.3, 0.4) is 0 Å². The topological polar surface area (TPSA) is 32.3 Å². The van der Waals surface area contributed by atoms with Crippen LogP contribution in [0.5, 0.6) is 0 Å². The SMILES string of the molecule is C=C(F)/C=C\C(=C/CCl)C(=O)NC1CCN(C(C)/C(=C\C)CC)CC1. The van der Waals surface area contributed by atoms with Crippen LogP contribution in [-0.4, -0.2) is 41.9 Å². The van der Waals surface area contributed by atoms with Crippen LogP contribution in [0.25, 0.3) is 0 Å². The van der Waals surface area contributed by atoms with Gasteiger partial charge in [-0.15, -0.1) is 11.6 Å². The van der Waals surface area contributed by atoms with Crippen molar-refractivity contribution in [2.45, 2.75) is 52.1 Å². The van der Waals surface area contributed by atoms with Crippen LogP contribution in [0.4, 0.5) is 4.39 Å². The lowest BCUT2D eigenvalue weighted by Crippen LogP contribution is -2.47. The molecule has 0 saturated carbocycles. The zero-order valence-corrected chi connectivity index (χ0v) is 16.3. The molecule has 0 aliphatic carbocycles. The van der Waals surface area contributed by atoms with E-state index in [1.165, 1.54) is 17.7 Å². The maximum atomic E-state index is 12.8.